The van der Waals surface area contributed by atoms with E-state index in [-0.39, 0.29) is 5.91 Å². The zero-order valence-corrected chi connectivity index (χ0v) is 13.8. The number of nitrogens with zero attached hydrogens (tertiary/aromatic N) is 2. The normalized spacial score (nSPS) is 10.8. The van der Waals surface area contributed by atoms with Gasteiger partial charge in [-0.3, -0.25) is 9.89 Å². The van der Waals surface area contributed by atoms with Crippen LogP contribution in [0.1, 0.15) is 23.0 Å². The Labute approximate surface area is 145 Å². The van der Waals surface area contributed by atoms with Gasteiger partial charge in [-0.2, -0.15) is 10.2 Å². The Morgan fingerprint density at radius 1 is 1.20 bits per heavy atom. The summed E-state index contributed by atoms with van der Waals surface area (Å²) in [6.07, 6.45) is 1.58. The molecular formula is C19H18N4O2. The highest BCUT2D eigenvalue weighted by Gasteiger charge is 2.10. The third kappa shape index (κ3) is 4.32. The van der Waals surface area contributed by atoms with E-state index in [1.54, 1.807) is 12.3 Å². The Morgan fingerprint density at radius 3 is 2.84 bits per heavy atom. The highest BCUT2D eigenvalue weighted by Crippen LogP contribution is 2.22. The van der Waals surface area contributed by atoms with E-state index in [0.29, 0.717) is 18.0 Å². The van der Waals surface area contributed by atoms with Crippen LogP contribution in [0.2, 0.25) is 0 Å². The SMILES string of the molecule is CCOc1cccc(-c2cc(C(=O)N/N=C\c3ccccc3)[nH]n2)c1. The number of hydrogen-bond donors (Lipinski definition) is 2. The molecule has 0 fully saturated rings. The Bertz CT molecular complexity index is 872. The van der Waals surface area contributed by atoms with Gasteiger partial charge in [0, 0.05) is 5.56 Å². The van der Waals surface area contributed by atoms with Crippen molar-refractivity contribution >= 4 is 12.1 Å². The summed E-state index contributed by atoms with van der Waals surface area (Å²) in [5.74, 6) is 0.411. The van der Waals surface area contributed by atoms with Gasteiger partial charge in [0.25, 0.3) is 5.91 Å². The third-order valence-corrected chi connectivity index (χ3v) is 3.44. The highest BCUT2D eigenvalue weighted by atomic mass is 16.5. The maximum absolute atomic E-state index is 12.1. The molecule has 25 heavy (non-hydrogen) atoms. The van der Waals surface area contributed by atoms with Gasteiger partial charge < -0.3 is 4.74 Å². The molecule has 0 aliphatic rings. The van der Waals surface area contributed by atoms with Crippen LogP contribution in [0.15, 0.2) is 65.8 Å². The molecule has 1 aromatic heterocycles. The number of carbonyl (C=O) groups excluding carboxylic acids is 1. The number of ether oxygens (including phenoxy) is 1. The molecule has 3 rings (SSSR count). The predicted molar refractivity (Wildman–Crippen MR) is 96.7 cm³/mol. The zero-order chi connectivity index (χ0) is 17.5. The first-order valence-corrected chi connectivity index (χ1v) is 7.93. The van der Waals surface area contributed by atoms with Crippen molar-refractivity contribution in [2.24, 2.45) is 5.10 Å². The van der Waals surface area contributed by atoms with Gasteiger partial charge in [-0.25, -0.2) is 5.43 Å². The van der Waals surface area contributed by atoms with Crippen LogP contribution in [0, 0.1) is 0 Å². The van der Waals surface area contributed by atoms with Crippen LogP contribution in [0.4, 0.5) is 0 Å². The number of hydrogen-bond acceptors (Lipinski definition) is 4. The summed E-state index contributed by atoms with van der Waals surface area (Å²) in [7, 11) is 0. The second-order valence-electron chi connectivity index (χ2n) is 5.24. The summed E-state index contributed by atoms with van der Waals surface area (Å²) in [4.78, 5) is 12.1. The van der Waals surface area contributed by atoms with Crippen LogP contribution >= 0.6 is 0 Å². The van der Waals surface area contributed by atoms with Gasteiger partial charge in [0.05, 0.1) is 18.5 Å². The van der Waals surface area contributed by atoms with E-state index in [1.165, 1.54) is 0 Å². The van der Waals surface area contributed by atoms with Crippen molar-refractivity contribution in [1.82, 2.24) is 15.6 Å². The number of H-pyrrole nitrogens is 1. The van der Waals surface area contributed by atoms with Crippen molar-refractivity contribution in [1.29, 1.82) is 0 Å². The van der Waals surface area contributed by atoms with Gasteiger partial charge in [0.1, 0.15) is 11.4 Å². The van der Waals surface area contributed by atoms with Crippen LogP contribution in [-0.4, -0.2) is 28.9 Å². The van der Waals surface area contributed by atoms with Crippen molar-refractivity contribution in [2.75, 3.05) is 6.61 Å². The minimum absolute atomic E-state index is 0.335. The molecule has 0 radical (unpaired) electrons. The Balaban J connectivity index is 1.67. The fourth-order valence-electron chi connectivity index (χ4n) is 2.26. The Hall–Kier alpha value is -3.41. The summed E-state index contributed by atoms with van der Waals surface area (Å²) in [5.41, 5.74) is 5.25. The highest BCUT2D eigenvalue weighted by molar-refractivity contribution is 5.94. The average molecular weight is 334 g/mol. The third-order valence-electron chi connectivity index (χ3n) is 3.44. The fourth-order valence-corrected chi connectivity index (χ4v) is 2.26. The predicted octanol–water partition coefficient (Wildman–Crippen LogP) is 3.24. The van der Waals surface area contributed by atoms with Gasteiger partial charge in [-0.15, -0.1) is 0 Å². The smallest absolute Gasteiger partial charge is 0.289 e. The van der Waals surface area contributed by atoms with Crippen molar-refractivity contribution in [2.45, 2.75) is 6.92 Å². The zero-order valence-electron chi connectivity index (χ0n) is 13.8. The molecule has 1 amide bonds. The molecule has 0 bridgehead atoms. The lowest BCUT2D eigenvalue weighted by molar-refractivity contribution is 0.0950. The van der Waals surface area contributed by atoms with Crippen LogP contribution in [0.25, 0.3) is 11.3 Å². The van der Waals surface area contributed by atoms with Gasteiger partial charge in [0.15, 0.2) is 0 Å². The molecule has 6 heteroatoms. The topological polar surface area (TPSA) is 79.4 Å². The maximum Gasteiger partial charge on any atom is 0.289 e. The minimum atomic E-state index is -0.355. The maximum atomic E-state index is 12.1. The summed E-state index contributed by atoms with van der Waals surface area (Å²) in [5, 5.41) is 10.9. The number of rotatable bonds is 6. The van der Waals surface area contributed by atoms with Gasteiger partial charge in [0.2, 0.25) is 0 Å². The molecule has 0 aliphatic carbocycles. The molecule has 2 N–H and O–H groups in total. The molecule has 0 aliphatic heterocycles. The first kappa shape index (κ1) is 16.4. The van der Waals surface area contributed by atoms with E-state index >= 15 is 0 Å². The van der Waals surface area contributed by atoms with E-state index in [1.807, 2.05) is 61.5 Å². The molecule has 126 valence electrons. The number of amides is 1. The Morgan fingerprint density at radius 2 is 2.04 bits per heavy atom. The first-order valence-electron chi connectivity index (χ1n) is 7.93. The first-order chi connectivity index (χ1) is 12.3. The standard InChI is InChI=1S/C19H18N4O2/c1-2-25-16-10-6-9-15(11-16)17-12-18(22-21-17)19(24)23-20-13-14-7-4-3-5-8-14/h3-13H,2H2,1H3,(H,21,22)(H,23,24)/b20-13-. The fraction of sp³-hybridized carbons (Fsp3) is 0.105. The molecule has 0 spiro atoms. The van der Waals surface area contributed by atoms with Crippen LogP contribution in [0.3, 0.4) is 0 Å². The summed E-state index contributed by atoms with van der Waals surface area (Å²) in [6, 6.07) is 18.8. The van der Waals surface area contributed by atoms with Crippen LogP contribution in [0.5, 0.6) is 5.75 Å². The lowest BCUT2D eigenvalue weighted by atomic mass is 10.1. The summed E-state index contributed by atoms with van der Waals surface area (Å²) >= 11 is 0. The van der Waals surface area contributed by atoms with Crippen molar-refractivity contribution in [3.8, 4) is 17.0 Å². The minimum Gasteiger partial charge on any atom is -0.494 e. The number of aromatic nitrogens is 2. The van der Waals surface area contributed by atoms with Crippen molar-refractivity contribution in [3.63, 3.8) is 0 Å². The molecule has 0 saturated carbocycles. The van der Waals surface area contributed by atoms with Gasteiger partial charge in [-0.1, -0.05) is 42.5 Å². The molecule has 0 atom stereocenters. The van der Waals surface area contributed by atoms with Crippen molar-refractivity contribution < 1.29 is 9.53 Å². The molecule has 2 aromatic carbocycles. The summed E-state index contributed by atoms with van der Waals surface area (Å²) in [6.45, 7) is 2.52. The summed E-state index contributed by atoms with van der Waals surface area (Å²) < 4.78 is 5.48. The molecule has 3 aromatic rings. The van der Waals surface area contributed by atoms with E-state index in [4.69, 9.17) is 4.74 Å². The lowest BCUT2D eigenvalue weighted by Crippen LogP contribution is -2.17. The molecule has 6 nitrogen and oxygen atoms in total. The second kappa shape index (κ2) is 7.92. The number of hydrazone groups is 1. The number of nitrogens with one attached hydrogen (secondary N) is 2. The van der Waals surface area contributed by atoms with E-state index in [2.05, 4.69) is 20.7 Å². The molecule has 1 heterocycles. The van der Waals surface area contributed by atoms with Gasteiger partial charge in [-0.05, 0) is 30.7 Å². The largest absolute Gasteiger partial charge is 0.494 e. The van der Waals surface area contributed by atoms with Crippen molar-refractivity contribution in [3.05, 3.63) is 71.9 Å². The number of carbonyl (C=O) groups is 1. The lowest BCUT2D eigenvalue weighted by Gasteiger charge is -2.03. The Kier molecular flexibility index (Phi) is 5.21. The number of benzene rings is 2. The molecule has 0 saturated heterocycles. The molecular weight excluding hydrogens is 316 g/mol. The monoisotopic (exact) mass is 334 g/mol. The van der Waals surface area contributed by atoms with E-state index < -0.39 is 0 Å². The number of aromatic amines is 1. The van der Waals surface area contributed by atoms with Crippen LogP contribution in [-0.2, 0) is 0 Å². The quantitative estimate of drug-likeness (QED) is 0.536. The van der Waals surface area contributed by atoms with Crippen LogP contribution < -0.4 is 10.2 Å². The average Bonchev–Trinajstić information content (AvgIpc) is 3.13. The van der Waals surface area contributed by atoms with E-state index in [0.717, 1.165) is 16.9 Å². The second-order valence-corrected chi connectivity index (χ2v) is 5.24. The molecule has 0 unspecified atom stereocenters. The van der Waals surface area contributed by atoms with E-state index in [9.17, 15) is 4.79 Å². The van der Waals surface area contributed by atoms with Gasteiger partial charge >= 0.3 is 0 Å².